The molecule has 1 saturated heterocycles. The van der Waals surface area contributed by atoms with Gasteiger partial charge in [0.15, 0.2) is 0 Å². The number of carbonyl (C=O) groups excluding carboxylic acids is 7. The van der Waals surface area contributed by atoms with E-state index in [1.54, 1.807) is 27.0 Å². The number of amides is 7. The molecule has 3 rings (SSSR count). The molecular weight excluding hydrogens is 702 g/mol. The molecule has 0 bridgehead atoms. The van der Waals surface area contributed by atoms with E-state index in [2.05, 4.69) is 26.3 Å². The number of likely N-dealkylation sites (tertiary alicyclic amines) is 1. The number of carboxylic acids is 1. The molecule has 0 unspecified atom stereocenters. The molecule has 2 aromatic rings. The summed E-state index contributed by atoms with van der Waals surface area (Å²) in [6, 6.07) is -0.433. The first kappa shape index (κ1) is 42.9. The number of hydrogen-bond acceptors (Lipinski definition) is 9. The number of fused-ring (bicyclic) bond motifs is 1. The largest absolute Gasteiger partial charge is 0.480 e. The Labute approximate surface area is 313 Å². The number of primary amides is 2. The lowest BCUT2D eigenvalue weighted by molar-refractivity contribution is -0.145. The van der Waals surface area contributed by atoms with Crippen LogP contribution >= 0.6 is 0 Å². The van der Waals surface area contributed by atoms with Gasteiger partial charge >= 0.3 is 5.97 Å². The van der Waals surface area contributed by atoms with Crippen LogP contribution in [0.2, 0.25) is 0 Å². The first-order chi connectivity index (χ1) is 25.5. The summed E-state index contributed by atoms with van der Waals surface area (Å²) in [7, 11) is 0. The number of para-hydroxylation sites is 1. The number of benzene rings is 1. The maximum absolute atomic E-state index is 14.1. The summed E-state index contributed by atoms with van der Waals surface area (Å²) in [6.07, 6.45) is 1.93. The van der Waals surface area contributed by atoms with Crippen LogP contribution < -0.4 is 38.5 Å². The molecule has 0 radical (unpaired) electrons. The minimum atomic E-state index is -1.64. The quantitative estimate of drug-likeness (QED) is 0.0785. The van der Waals surface area contributed by atoms with Crippen molar-refractivity contribution < 1.29 is 43.5 Å². The smallest absolute Gasteiger partial charge is 0.326 e. The van der Waals surface area contributed by atoms with E-state index in [4.69, 9.17) is 17.2 Å². The number of aromatic nitrogens is 1. The van der Waals surface area contributed by atoms with Crippen LogP contribution in [0, 0.1) is 11.8 Å². The van der Waals surface area contributed by atoms with Crippen LogP contribution in [-0.2, 0) is 44.8 Å². The Kier molecular flexibility index (Phi) is 15.5. The van der Waals surface area contributed by atoms with Gasteiger partial charge in [-0.05, 0) is 36.3 Å². The Bertz CT molecular complexity index is 1710. The number of H-pyrrole nitrogens is 1. The minimum Gasteiger partial charge on any atom is -0.480 e. The molecule has 1 aromatic heterocycles. The summed E-state index contributed by atoms with van der Waals surface area (Å²) >= 11 is 0. The highest BCUT2D eigenvalue weighted by molar-refractivity contribution is 5.99. The average molecular weight is 756 g/mol. The Hall–Kier alpha value is -5.52. The molecule has 1 aliphatic heterocycles. The molecule has 0 aliphatic carbocycles. The summed E-state index contributed by atoms with van der Waals surface area (Å²) in [5.41, 5.74) is 18.2. The maximum atomic E-state index is 14.1. The summed E-state index contributed by atoms with van der Waals surface area (Å²) < 4.78 is 0. The van der Waals surface area contributed by atoms with E-state index in [0.717, 1.165) is 10.9 Å². The summed E-state index contributed by atoms with van der Waals surface area (Å²) in [5.74, 6) is -7.97. The van der Waals surface area contributed by atoms with Crippen LogP contribution in [0.5, 0.6) is 0 Å². The van der Waals surface area contributed by atoms with Crippen molar-refractivity contribution >= 4 is 58.2 Å². The Morgan fingerprint density at radius 3 is 1.98 bits per heavy atom. The molecule has 1 aliphatic rings. The lowest BCUT2D eigenvalue weighted by Crippen LogP contribution is -2.61. The normalized spacial score (nSPS) is 17.9. The number of aliphatic carboxylic acids is 1. The van der Waals surface area contributed by atoms with Gasteiger partial charge in [-0.2, -0.15) is 0 Å². The zero-order chi connectivity index (χ0) is 40.3. The van der Waals surface area contributed by atoms with Crippen LogP contribution in [0.15, 0.2) is 30.5 Å². The van der Waals surface area contributed by atoms with Crippen molar-refractivity contribution in [2.45, 2.75) is 109 Å². The van der Waals surface area contributed by atoms with E-state index in [0.29, 0.717) is 24.8 Å². The molecule has 54 heavy (non-hydrogen) atoms. The Morgan fingerprint density at radius 2 is 1.41 bits per heavy atom. The highest BCUT2D eigenvalue weighted by Gasteiger charge is 2.41. The number of hydrogen-bond donors (Lipinski definition) is 9. The Balaban J connectivity index is 1.78. The van der Waals surface area contributed by atoms with Crippen molar-refractivity contribution in [1.29, 1.82) is 0 Å². The van der Waals surface area contributed by atoms with Crippen molar-refractivity contribution in [2.24, 2.45) is 29.0 Å². The van der Waals surface area contributed by atoms with Crippen LogP contribution in [0.4, 0.5) is 0 Å². The molecule has 18 nitrogen and oxygen atoms in total. The number of nitrogens with zero attached hydrogens (tertiary/aromatic N) is 1. The molecule has 7 amide bonds. The summed E-state index contributed by atoms with van der Waals surface area (Å²) in [4.78, 5) is 108. The number of carbonyl (C=O) groups is 8. The molecule has 1 aromatic carbocycles. The van der Waals surface area contributed by atoms with Crippen molar-refractivity contribution in [3.63, 3.8) is 0 Å². The van der Waals surface area contributed by atoms with Crippen LogP contribution in [0.1, 0.15) is 71.8 Å². The van der Waals surface area contributed by atoms with Crippen molar-refractivity contribution in [2.75, 3.05) is 6.54 Å². The molecule has 0 saturated carbocycles. The second kappa shape index (κ2) is 19.5. The zero-order valence-corrected chi connectivity index (χ0v) is 31.1. The lowest BCUT2D eigenvalue weighted by atomic mass is 9.96. The predicted octanol–water partition coefficient (Wildman–Crippen LogP) is -1.10. The minimum absolute atomic E-state index is 0.0150. The number of nitrogens with two attached hydrogens (primary N) is 3. The second-order valence-electron chi connectivity index (χ2n) is 13.9. The van der Waals surface area contributed by atoms with E-state index >= 15 is 0 Å². The third-order valence-electron chi connectivity index (χ3n) is 9.97. The van der Waals surface area contributed by atoms with Crippen molar-refractivity contribution in [1.82, 2.24) is 31.2 Å². The van der Waals surface area contributed by atoms with Crippen LogP contribution in [0.25, 0.3) is 10.9 Å². The van der Waals surface area contributed by atoms with E-state index in [1.165, 1.54) is 4.90 Å². The third kappa shape index (κ3) is 11.2. The van der Waals surface area contributed by atoms with Crippen molar-refractivity contribution in [3.8, 4) is 0 Å². The highest BCUT2D eigenvalue weighted by atomic mass is 16.4. The van der Waals surface area contributed by atoms with Gasteiger partial charge in [-0.25, -0.2) is 4.79 Å². The van der Waals surface area contributed by atoms with Crippen LogP contribution in [0.3, 0.4) is 0 Å². The monoisotopic (exact) mass is 755 g/mol. The molecule has 0 spiro atoms. The standard InChI is InChI=1S/C36H53N9O9/c1-5-18(3)29(39)34(51)42-23(15-27(37)46)31(48)41-24(16-28(38)47)32(49)44-30(19(4)6-2)35(52)45-13-9-12-26(45)33(50)43-25(36(53)54)14-20-17-40-22-11-8-7-10-21(20)22/h7-8,10-11,17-19,23-26,29-30,40H,5-6,9,12-16,39H2,1-4H3,(H2,37,46)(H2,38,47)(H,41,48)(H,42,51)(H,43,50)(H,44,49)(H,53,54)/t18-,19-,23-,24-,25-,26-,29-,30-/m0/s1. The molecule has 296 valence electrons. The maximum Gasteiger partial charge on any atom is 0.326 e. The van der Waals surface area contributed by atoms with Gasteiger partial charge in [-0.3, -0.25) is 33.6 Å². The van der Waals surface area contributed by atoms with Gasteiger partial charge in [0.05, 0.1) is 18.9 Å². The molecule has 12 N–H and O–H groups in total. The van der Waals surface area contributed by atoms with Gasteiger partial charge in [-0.1, -0.05) is 58.7 Å². The number of carboxylic acid groups (broad SMARTS) is 1. The number of aromatic amines is 1. The number of rotatable bonds is 20. The second-order valence-corrected chi connectivity index (χ2v) is 13.9. The van der Waals surface area contributed by atoms with Gasteiger partial charge < -0.3 is 53.5 Å². The third-order valence-corrected chi connectivity index (χ3v) is 9.97. The molecule has 2 heterocycles. The van der Waals surface area contributed by atoms with E-state index in [9.17, 15) is 43.5 Å². The highest BCUT2D eigenvalue weighted by Crippen LogP contribution is 2.23. The topological polar surface area (TPSA) is 302 Å². The van der Waals surface area contributed by atoms with Gasteiger partial charge in [0, 0.05) is 30.1 Å². The zero-order valence-electron chi connectivity index (χ0n) is 31.1. The van der Waals surface area contributed by atoms with Crippen molar-refractivity contribution in [3.05, 3.63) is 36.0 Å². The predicted molar refractivity (Wildman–Crippen MR) is 197 cm³/mol. The molecular formula is C36H53N9O9. The fourth-order valence-electron chi connectivity index (χ4n) is 6.28. The lowest BCUT2D eigenvalue weighted by Gasteiger charge is -2.32. The van der Waals surface area contributed by atoms with E-state index < -0.39 is 102 Å². The summed E-state index contributed by atoms with van der Waals surface area (Å²) in [6.45, 7) is 7.16. The van der Waals surface area contributed by atoms with Crippen LogP contribution in [-0.4, -0.2) is 105 Å². The van der Waals surface area contributed by atoms with Gasteiger partial charge in [0.1, 0.15) is 30.2 Å². The van der Waals surface area contributed by atoms with E-state index in [1.807, 2.05) is 31.2 Å². The first-order valence-electron chi connectivity index (χ1n) is 18.1. The Morgan fingerprint density at radius 1 is 0.833 bits per heavy atom. The van der Waals surface area contributed by atoms with E-state index in [-0.39, 0.29) is 25.3 Å². The fraction of sp³-hybridized carbons (Fsp3) is 0.556. The molecule has 1 fully saturated rings. The SMILES string of the molecule is CC[C@H](C)[C@H](N)C(=O)N[C@@H](CC(N)=O)C(=O)N[C@@H](CC(N)=O)C(=O)N[C@H](C(=O)N1CCC[C@H]1C(=O)N[C@@H](Cc1c[nH]c2ccccc12)C(=O)O)[C@@H](C)CC. The fourth-order valence-corrected chi connectivity index (χ4v) is 6.28. The van der Waals surface area contributed by atoms with Gasteiger partial charge in [-0.15, -0.1) is 0 Å². The number of nitrogens with one attached hydrogen (secondary N) is 5. The van der Waals surface area contributed by atoms with Gasteiger partial charge in [0.25, 0.3) is 0 Å². The molecule has 8 atom stereocenters. The average Bonchev–Trinajstić information content (AvgIpc) is 3.79. The van der Waals surface area contributed by atoms with Gasteiger partial charge in [0.2, 0.25) is 41.4 Å². The summed E-state index contributed by atoms with van der Waals surface area (Å²) in [5, 5.41) is 20.7. The molecule has 18 heteroatoms. The first-order valence-corrected chi connectivity index (χ1v) is 18.1.